The zero-order chi connectivity index (χ0) is 19.2. The van der Waals surface area contributed by atoms with Crippen molar-refractivity contribution in [2.75, 3.05) is 0 Å². The molecule has 0 fully saturated rings. The summed E-state index contributed by atoms with van der Waals surface area (Å²) in [5.74, 6) is 0.335. The Balaban J connectivity index is 1.79. The molecule has 0 spiro atoms. The third-order valence-electron chi connectivity index (χ3n) is 5.70. The molecule has 2 aliphatic rings. The number of para-hydroxylation sites is 2. The fourth-order valence-electron chi connectivity index (χ4n) is 4.35. The minimum absolute atomic E-state index is 0.165. The fourth-order valence-corrected chi connectivity index (χ4v) is 4.35. The van der Waals surface area contributed by atoms with Crippen molar-refractivity contribution in [2.24, 2.45) is 0 Å². The van der Waals surface area contributed by atoms with Crippen molar-refractivity contribution in [1.29, 1.82) is 0 Å². The Morgan fingerprint density at radius 3 is 2.00 bits per heavy atom. The van der Waals surface area contributed by atoms with Crippen molar-refractivity contribution in [2.45, 2.75) is 11.8 Å². The SMILES string of the molecule is C1=CC(c2nc3ccccc3c3c2c(C2C=CC=C2)nn3-c2ccccc2)C=C1. The molecule has 0 saturated heterocycles. The van der Waals surface area contributed by atoms with Gasteiger partial charge in [0.15, 0.2) is 0 Å². The lowest BCUT2D eigenvalue weighted by molar-refractivity contribution is 0.855. The lowest BCUT2D eigenvalue weighted by atomic mass is 9.95. The molecule has 0 bridgehead atoms. The van der Waals surface area contributed by atoms with Crippen molar-refractivity contribution in [3.05, 3.63) is 115 Å². The number of hydrogen-bond acceptors (Lipinski definition) is 2. The number of nitrogens with zero attached hydrogens (tertiary/aromatic N) is 3. The maximum absolute atomic E-state index is 5.15. The summed E-state index contributed by atoms with van der Waals surface area (Å²) in [5.41, 5.74) is 5.35. The van der Waals surface area contributed by atoms with Gasteiger partial charge in [-0.1, -0.05) is 85.0 Å². The van der Waals surface area contributed by atoms with Gasteiger partial charge in [-0.2, -0.15) is 5.10 Å². The predicted molar refractivity (Wildman–Crippen MR) is 118 cm³/mol. The predicted octanol–water partition coefficient (Wildman–Crippen LogP) is 5.99. The van der Waals surface area contributed by atoms with Crippen LogP contribution in [0, 0.1) is 0 Å². The number of benzene rings is 2. The second kappa shape index (κ2) is 6.42. The number of aromatic nitrogens is 3. The Labute approximate surface area is 169 Å². The molecular formula is C26H19N3. The van der Waals surface area contributed by atoms with Gasteiger partial charge in [0.25, 0.3) is 0 Å². The van der Waals surface area contributed by atoms with Crippen LogP contribution in [0.2, 0.25) is 0 Å². The third kappa shape index (κ3) is 2.51. The number of pyridine rings is 1. The first kappa shape index (κ1) is 16.3. The fraction of sp³-hybridized carbons (Fsp3) is 0.0769. The van der Waals surface area contributed by atoms with Gasteiger partial charge in [-0.3, -0.25) is 4.98 Å². The molecular weight excluding hydrogens is 354 g/mol. The summed E-state index contributed by atoms with van der Waals surface area (Å²) in [4.78, 5) is 5.12. The Bertz CT molecular complexity index is 1330. The summed E-state index contributed by atoms with van der Waals surface area (Å²) in [6.07, 6.45) is 17.2. The van der Waals surface area contributed by atoms with Gasteiger partial charge < -0.3 is 0 Å². The van der Waals surface area contributed by atoms with Gasteiger partial charge >= 0.3 is 0 Å². The van der Waals surface area contributed by atoms with E-state index in [-0.39, 0.29) is 11.8 Å². The molecule has 3 nitrogen and oxygen atoms in total. The average molecular weight is 373 g/mol. The first-order chi connectivity index (χ1) is 14.4. The highest BCUT2D eigenvalue weighted by Gasteiger charge is 2.26. The van der Waals surface area contributed by atoms with E-state index in [0.29, 0.717) is 0 Å². The monoisotopic (exact) mass is 373 g/mol. The molecule has 2 aromatic carbocycles. The van der Waals surface area contributed by atoms with Crippen LogP contribution in [0.25, 0.3) is 27.5 Å². The molecule has 0 unspecified atom stereocenters. The summed E-state index contributed by atoms with van der Waals surface area (Å²) in [6.45, 7) is 0. The second-order valence-corrected chi connectivity index (χ2v) is 7.46. The molecule has 0 radical (unpaired) electrons. The van der Waals surface area contributed by atoms with Gasteiger partial charge in [-0.25, -0.2) is 4.68 Å². The summed E-state index contributed by atoms with van der Waals surface area (Å²) in [7, 11) is 0. The van der Waals surface area contributed by atoms with E-state index >= 15 is 0 Å². The first-order valence-electron chi connectivity index (χ1n) is 9.97. The van der Waals surface area contributed by atoms with Crippen LogP contribution in [0.3, 0.4) is 0 Å². The van der Waals surface area contributed by atoms with Crippen molar-refractivity contribution in [3.63, 3.8) is 0 Å². The number of fused-ring (bicyclic) bond motifs is 3. The van der Waals surface area contributed by atoms with Crippen LogP contribution < -0.4 is 0 Å². The van der Waals surface area contributed by atoms with Crippen molar-refractivity contribution < 1.29 is 0 Å². The second-order valence-electron chi connectivity index (χ2n) is 7.46. The maximum atomic E-state index is 5.15. The lowest BCUT2D eigenvalue weighted by Crippen LogP contribution is -2.00. The lowest BCUT2D eigenvalue weighted by Gasteiger charge is -2.12. The van der Waals surface area contributed by atoms with E-state index in [0.717, 1.165) is 38.9 Å². The van der Waals surface area contributed by atoms with Crippen LogP contribution in [0.5, 0.6) is 0 Å². The van der Waals surface area contributed by atoms with E-state index in [1.54, 1.807) is 0 Å². The molecule has 2 aliphatic carbocycles. The summed E-state index contributed by atoms with van der Waals surface area (Å²) in [5, 5.41) is 7.44. The van der Waals surface area contributed by atoms with E-state index < -0.39 is 0 Å². The molecule has 29 heavy (non-hydrogen) atoms. The highest BCUT2D eigenvalue weighted by molar-refractivity contribution is 6.07. The molecule has 0 N–H and O–H groups in total. The molecule has 0 saturated carbocycles. The van der Waals surface area contributed by atoms with Crippen LogP contribution in [-0.4, -0.2) is 14.8 Å². The summed E-state index contributed by atoms with van der Waals surface area (Å²) < 4.78 is 2.10. The van der Waals surface area contributed by atoms with Crippen LogP contribution in [-0.2, 0) is 0 Å². The minimum Gasteiger partial charge on any atom is -0.251 e. The van der Waals surface area contributed by atoms with Crippen LogP contribution >= 0.6 is 0 Å². The number of rotatable bonds is 3. The van der Waals surface area contributed by atoms with E-state index in [1.165, 1.54) is 0 Å². The molecule has 2 aromatic heterocycles. The van der Waals surface area contributed by atoms with Gasteiger partial charge in [0.2, 0.25) is 0 Å². The number of hydrogen-bond donors (Lipinski definition) is 0. The molecule has 138 valence electrons. The normalized spacial score (nSPS) is 16.1. The topological polar surface area (TPSA) is 30.7 Å². The van der Waals surface area contributed by atoms with Crippen molar-refractivity contribution in [3.8, 4) is 5.69 Å². The smallest absolute Gasteiger partial charge is 0.0857 e. The molecule has 0 amide bonds. The average Bonchev–Trinajstić information content (AvgIpc) is 3.54. The third-order valence-corrected chi connectivity index (χ3v) is 5.70. The summed E-state index contributed by atoms with van der Waals surface area (Å²) >= 11 is 0. The summed E-state index contributed by atoms with van der Waals surface area (Å²) in [6, 6.07) is 18.8. The van der Waals surface area contributed by atoms with E-state index in [2.05, 4.69) is 102 Å². The molecule has 0 atom stereocenters. The molecule has 6 rings (SSSR count). The van der Waals surface area contributed by atoms with Gasteiger partial charge in [0, 0.05) is 22.6 Å². The van der Waals surface area contributed by atoms with Gasteiger partial charge in [0.1, 0.15) is 0 Å². The zero-order valence-corrected chi connectivity index (χ0v) is 15.8. The van der Waals surface area contributed by atoms with Crippen molar-refractivity contribution >= 4 is 21.8 Å². The van der Waals surface area contributed by atoms with E-state index in [1.807, 2.05) is 6.07 Å². The highest BCUT2D eigenvalue weighted by Crippen LogP contribution is 2.39. The van der Waals surface area contributed by atoms with E-state index in [4.69, 9.17) is 10.1 Å². The van der Waals surface area contributed by atoms with Gasteiger partial charge in [0.05, 0.1) is 28.1 Å². The Morgan fingerprint density at radius 1 is 0.655 bits per heavy atom. The standard InChI is InChI=1S/C26H19N3/c1-2-14-20(15-3-1)29-26-21-16-8-9-17-22(21)27-24(18-10-4-5-11-18)23(26)25(28-29)19-12-6-7-13-19/h1-19H. The Morgan fingerprint density at radius 2 is 1.28 bits per heavy atom. The van der Waals surface area contributed by atoms with Crippen LogP contribution in [0.4, 0.5) is 0 Å². The highest BCUT2D eigenvalue weighted by atomic mass is 15.3. The van der Waals surface area contributed by atoms with Crippen LogP contribution in [0.15, 0.2) is 103 Å². The van der Waals surface area contributed by atoms with Crippen molar-refractivity contribution in [1.82, 2.24) is 14.8 Å². The minimum atomic E-state index is 0.165. The van der Waals surface area contributed by atoms with Gasteiger partial charge in [-0.05, 0) is 18.2 Å². The first-order valence-corrected chi connectivity index (χ1v) is 9.97. The molecule has 2 heterocycles. The Hall–Kier alpha value is -3.72. The molecule has 4 aromatic rings. The largest absolute Gasteiger partial charge is 0.251 e. The molecule has 3 heteroatoms. The quantitative estimate of drug-likeness (QED) is 0.441. The van der Waals surface area contributed by atoms with E-state index in [9.17, 15) is 0 Å². The Kier molecular flexibility index (Phi) is 3.60. The van der Waals surface area contributed by atoms with Crippen LogP contribution in [0.1, 0.15) is 23.2 Å². The van der Waals surface area contributed by atoms with Gasteiger partial charge in [-0.15, -0.1) is 0 Å². The molecule has 0 aliphatic heterocycles. The number of allylic oxidation sites excluding steroid dienone is 8. The maximum Gasteiger partial charge on any atom is 0.0857 e. The zero-order valence-electron chi connectivity index (χ0n) is 15.8.